The van der Waals surface area contributed by atoms with Gasteiger partial charge in [0.25, 0.3) is 5.91 Å². The normalized spacial score (nSPS) is 10.3. The van der Waals surface area contributed by atoms with Gasteiger partial charge in [0.05, 0.1) is 17.4 Å². The molecule has 0 aliphatic heterocycles. The van der Waals surface area contributed by atoms with Crippen molar-refractivity contribution in [3.8, 4) is 0 Å². The van der Waals surface area contributed by atoms with Gasteiger partial charge in [-0.2, -0.15) is 5.10 Å². The molecule has 0 aliphatic carbocycles. The van der Waals surface area contributed by atoms with Gasteiger partial charge in [-0.3, -0.25) is 14.3 Å². The summed E-state index contributed by atoms with van der Waals surface area (Å²) < 4.78 is 27.6. The summed E-state index contributed by atoms with van der Waals surface area (Å²) in [4.78, 5) is 22.5. The summed E-state index contributed by atoms with van der Waals surface area (Å²) in [6, 6.07) is 3.29. The molecule has 1 aromatic carbocycles. The van der Waals surface area contributed by atoms with Crippen LogP contribution < -0.4 is 11.1 Å². The third-order valence-corrected chi connectivity index (χ3v) is 2.41. The number of primary amides is 1. The number of hydrogen-bond acceptors (Lipinski definition) is 3. The molecule has 0 fully saturated rings. The second kappa shape index (κ2) is 5.47. The van der Waals surface area contributed by atoms with Crippen LogP contribution in [0.25, 0.3) is 0 Å². The lowest BCUT2D eigenvalue weighted by Gasteiger charge is -2.04. The van der Waals surface area contributed by atoms with E-state index < -0.39 is 29.0 Å². The van der Waals surface area contributed by atoms with Crippen molar-refractivity contribution in [2.45, 2.75) is 6.54 Å². The van der Waals surface area contributed by atoms with Gasteiger partial charge >= 0.3 is 0 Å². The van der Waals surface area contributed by atoms with Crippen molar-refractivity contribution in [2.75, 3.05) is 5.32 Å². The lowest BCUT2D eigenvalue weighted by Crippen LogP contribution is -2.18. The summed E-state index contributed by atoms with van der Waals surface area (Å²) in [7, 11) is 0. The zero-order valence-electron chi connectivity index (χ0n) is 10.1. The highest BCUT2D eigenvalue weighted by Gasteiger charge is 2.15. The number of amides is 2. The summed E-state index contributed by atoms with van der Waals surface area (Å²) in [6.07, 6.45) is 2.61. The van der Waals surface area contributed by atoms with E-state index in [1.807, 2.05) is 0 Å². The molecule has 2 rings (SSSR count). The zero-order chi connectivity index (χ0) is 14.7. The summed E-state index contributed by atoms with van der Waals surface area (Å²) >= 11 is 0. The molecule has 3 N–H and O–H groups in total. The highest BCUT2D eigenvalue weighted by molar-refractivity contribution is 6.04. The van der Waals surface area contributed by atoms with E-state index in [0.717, 1.165) is 12.1 Å². The minimum absolute atomic E-state index is 0.149. The van der Waals surface area contributed by atoms with Crippen molar-refractivity contribution in [3.05, 3.63) is 47.8 Å². The van der Waals surface area contributed by atoms with E-state index in [0.29, 0.717) is 0 Å². The minimum atomic E-state index is -1.23. The largest absolute Gasteiger partial charge is 0.368 e. The highest BCUT2D eigenvalue weighted by Crippen LogP contribution is 2.14. The maximum absolute atomic E-state index is 13.4. The zero-order valence-corrected chi connectivity index (χ0v) is 10.1. The maximum atomic E-state index is 13.4. The van der Waals surface area contributed by atoms with E-state index in [1.54, 1.807) is 0 Å². The quantitative estimate of drug-likeness (QED) is 0.871. The fourth-order valence-electron chi connectivity index (χ4n) is 1.55. The van der Waals surface area contributed by atoms with Crippen LogP contribution in [0.5, 0.6) is 0 Å². The Morgan fingerprint density at radius 3 is 2.80 bits per heavy atom. The van der Waals surface area contributed by atoms with Crippen LogP contribution in [0.15, 0.2) is 30.6 Å². The molecule has 0 saturated carbocycles. The summed E-state index contributed by atoms with van der Waals surface area (Å²) in [6.45, 7) is -0.149. The predicted octanol–water partition coefficient (Wildman–Crippen LogP) is 0.899. The molecule has 0 atom stereocenters. The Balaban J connectivity index is 2.13. The molecule has 6 nitrogen and oxygen atoms in total. The molecule has 0 spiro atoms. The van der Waals surface area contributed by atoms with Gasteiger partial charge in [0.15, 0.2) is 11.6 Å². The van der Waals surface area contributed by atoms with E-state index in [9.17, 15) is 18.4 Å². The second-order valence-electron chi connectivity index (χ2n) is 3.95. The number of carbonyl (C=O) groups is 2. The number of nitrogens with one attached hydrogen (secondary N) is 1. The number of benzene rings is 1. The predicted molar refractivity (Wildman–Crippen MR) is 65.7 cm³/mol. The van der Waals surface area contributed by atoms with Gasteiger partial charge in [-0.15, -0.1) is 0 Å². The number of rotatable bonds is 4. The standard InChI is InChI=1S/C12H10F2N4O2/c13-9-3-1-2-8(11(9)14)12(20)17-7-4-16-18(5-7)6-10(15)19/h1-5H,6H2,(H2,15,19)(H,17,20). The van der Waals surface area contributed by atoms with Crippen molar-refractivity contribution in [1.82, 2.24) is 9.78 Å². The van der Waals surface area contributed by atoms with Crippen LogP contribution in [0.4, 0.5) is 14.5 Å². The van der Waals surface area contributed by atoms with Crippen LogP contribution in [-0.4, -0.2) is 21.6 Å². The third-order valence-electron chi connectivity index (χ3n) is 2.41. The lowest BCUT2D eigenvalue weighted by atomic mass is 10.2. The van der Waals surface area contributed by atoms with Crippen LogP contribution in [0.3, 0.4) is 0 Å². The first-order chi connectivity index (χ1) is 9.47. The van der Waals surface area contributed by atoms with E-state index in [-0.39, 0.29) is 12.2 Å². The number of hydrogen-bond donors (Lipinski definition) is 2. The average molecular weight is 280 g/mol. The van der Waals surface area contributed by atoms with Gasteiger partial charge in [-0.05, 0) is 12.1 Å². The SMILES string of the molecule is NC(=O)Cn1cc(NC(=O)c2cccc(F)c2F)cn1. The molecule has 0 radical (unpaired) electrons. The third kappa shape index (κ3) is 2.97. The number of anilines is 1. The number of nitrogens with zero attached hydrogens (tertiary/aromatic N) is 2. The molecular weight excluding hydrogens is 270 g/mol. The van der Waals surface area contributed by atoms with Gasteiger partial charge in [-0.1, -0.05) is 6.07 Å². The van der Waals surface area contributed by atoms with Gasteiger partial charge in [0, 0.05) is 6.20 Å². The molecule has 0 bridgehead atoms. The Labute approximate surface area is 112 Å². The molecule has 0 saturated heterocycles. The molecule has 104 valence electrons. The number of carbonyl (C=O) groups excluding carboxylic acids is 2. The first-order valence-corrected chi connectivity index (χ1v) is 5.53. The molecule has 0 aliphatic rings. The fourth-order valence-corrected chi connectivity index (χ4v) is 1.55. The molecular formula is C12H10F2N4O2. The van der Waals surface area contributed by atoms with E-state index in [4.69, 9.17) is 5.73 Å². The van der Waals surface area contributed by atoms with E-state index >= 15 is 0 Å². The van der Waals surface area contributed by atoms with Crippen molar-refractivity contribution in [1.29, 1.82) is 0 Å². The molecule has 0 unspecified atom stereocenters. The summed E-state index contributed by atoms with van der Waals surface area (Å²) in [5.41, 5.74) is 4.80. The summed E-state index contributed by atoms with van der Waals surface area (Å²) in [5.74, 6) is -3.75. The van der Waals surface area contributed by atoms with Crippen molar-refractivity contribution in [2.24, 2.45) is 5.73 Å². The maximum Gasteiger partial charge on any atom is 0.258 e. The molecule has 2 amide bonds. The molecule has 1 heterocycles. The van der Waals surface area contributed by atoms with Crippen LogP contribution in [0.1, 0.15) is 10.4 Å². The van der Waals surface area contributed by atoms with Crippen LogP contribution >= 0.6 is 0 Å². The first-order valence-electron chi connectivity index (χ1n) is 5.53. The van der Waals surface area contributed by atoms with Crippen molar-refractivity contribution >= 4 is 17.5 Å². The Kier molecular flexibility index (Phi) is 3.74. The molecule has 20 heavy (non-hydrogen) atoms. The first kappa shape index (κ1) is 13.7. The topological polar surface area (TPSA) is 90.0 Å². The molecule has 1 aromatic heterocycles. The van der Waals surface area contributed by atoms with Gasteiger partial charge in [0.1, 0.15) is 6.54 Å². The fraction of sp³-hybridized carbons (Fsp3) is 0.0833. The van der Waals surface area contributed by atoms with Crippen molar-refractivity contribution in [3.63, 3.8) is 0 Å². The Morgan fingerprint density at radius 1 is 1.35 bits per heavy atom. The Morgan fingerprint density at radius 2 is 2.10 bits per heavy atom. The van der Waals surface area contributed by atoms with E-state index in [2.05, 4.69) is 10.4 Å². The van der Waals surface area contributed by atoms with Gasteiger partial charge in [0.2, 0.25) is 5.91 Å². The summed E-state index contributed by atoms with van der Waals surface area (Å²) in [5, 5.41) is 6.12. The van der Waals surface area contributed by atoms with Crippen LogP contribution in [-0.2, 0) is 11.3 Å². The minimum Gasteiger partial charge on any atom is -0.368 e. The van der Waals surface area contributed by atoms with Gasteiger partial charge in [-0.25, -0.2) is 8.78 Å². The molecule has 2 aromatic rings. The van der Waals surface area contributed by atoms with Crippen LogP contribution in [0, 0.1) is 11.6 Å². The lowest BCUT2D eigenvalue weighted by molar-refractivity contribution is -0.118. The monoisotopic (exact) mass is 280 g/mol. The number of nitrogens with two attached hydrogens (primary N) is 1. The van der Waals surface area contributed by atoms with Crippen molar-refractivity contribution < 1.29 is 18.4 Å². The van der Waals surface area contributed by atoms with E-state index in [1.165, 1.54) is 23.1 Å². The Hall–Kier alpha value is -2.77. The highest BCUT2D eigenvalue weighted by atomic mass is 19.2. The average Bonchev–Trinajstić information content (AvgIpc) is 2.79. The second-order valence-corrected chi connectivity index (χ2v) is 3.95. The molecule has 8 heteroatoms. The number of halogens is 2. The number of aromatic nitrogens is 2. The van der Waals surface area contributed by atoms with Gasteiger partial charge < -0.3 is 11.1 Å². The van der Waals surface area contributed by atoms with Crippen LogP contribution in [0.2, 0.25) is 0 Å². The smallest absolute Gasteiger partial charge is 0.258 e. The Bertz CT molecular complexity index is 669.